The van der Waals surface area contributed by atoms with Gasteiger partial charge in [0.1, 0.15) is 0 Å². The van der Waals surface area contributed by atoms with Gasteiger partial charge < -0.3 is 5.32 Å². The van der Waals surface area contributed by atoms with E-state index in [1.807, 2.05) is 0 Å². The summed E-state index contributed by atoms with van der Waals surface area (Å²) in [6.07, 6.45) is 3.68. The van der Waals surface area contributed by atoms with Gasteiger partial charge in [0.15, 0.2) is 0 Å². The Bertz CT molecular complexity index is 569. The van der Waals surface area contributed by atoms with Crippen LogP contribution in [0.2, 0.25) is 0 Å². The third-order valence-electron chi connectivity index (χ3n) is 4.56. The van der Waals surface area contributed by atoms with Crippen LogP contribution in [-0.2, 0) is 6.42 Å². The van der Waals surface area contributed by atoms with Crippen LogP contribution >= 0.6 is 0 Å². The van der Waals surface area contributed by atoms with Crippen molar-refractivity contribution in [2.24, 2.45) is 0 Å². The van der Waals surface area contributed by atoms with Crippen molar-refractivity contribution in [1.82, 2.24) is 5.32 Å². The van der Waals surface area contributed by atoms with Crippen LogP contribution < -0.4 is 5.32 Å². The molecule has 1 N–H and O–H groups in total. The summed E-state index contributed by atoms with van der Waals surface area (Å²) >= 11 is 0. The fourth-order valence-electron chi connectivity index (χ4n) is 3.38. The largest absolute Gasteiger partial charge is 0.311 e. The Kier molecular flexibility index (Phi) is 4.40. The standard InChI is InChI=1S/C20H25N/c1-15-7-6-10-18(11-15)19-13-20(14-19)21-16(2)12-17-8-4-3-5-9-17/h3-11,16,19-21H,12-14H2,1-2H3. The van der Waals surface area contributed by atoms with Crippen molar-refractivity contribution in [2.75, 3.05) is 0 Å². The van der Waals surface area contributed by atoms with Gasteiger partial charge in [0, 0.05) is 12.1 Å². The second-order valence-corrected chi connectivity index (χ2v) is 6.54. The highest BCUT2D eigenvalue weighted by Crippen LogP contribution is 2.37. The molecule has 1 atom stereocenters. The maximum absolute atomic E-state index is 3.78. The molecule has 110 valence electrons. The fourth-order valence-corrected chi connectivity index (χ4v) is 3.38. The summed E-state index contributed by atoms with van der Waals surface area (Å²) in [5.41, 5.74) is 4.32. The molecule has 1 heteroatoms. The average Bonchev–Trinajstić information content (AvgIpc) is 2.43. The second kappa shape index (κ2) is 6.44. The number of rotatable bonds is 5. The van der Waals surface area contributed by atoms with E-state index < -0.39 is 0 Å². The molecule has 1 nitrogen and oxygen atoms in total. The molecule has 2 aromatic rings. The van der Waals surface area contributed by atoms with Crippen LogP contribution in [0.25, 0.3) is 0 Å². The maximum atomic E-state index is 3.78. The molecule has 0 amide bonds. The molecule has 1 aliphatic rings. The van der Waals surface area contributed by atoms with E-state index >= 15 is 0 Å². The molecule has 3 rings (SSSR count). The van der Waals surface area contributed by atoms with Crippen LogP contribution in [0.4, 0.5) is 0 Å². The fraction of sp³-hybridized carbons (Fsp3) is 0.400. The highest BCUT2D eigenvalue weighted by Gasteiger charge is 2.30. The van der Waals surface area contributed by atoms with Crippen molar-refractivity contribution >= 4 is 0 Å². The van der Waals surface area contributed by atoms with Crippen molar-refractivity contribution in [3.63, 3.8) is 0 Å². The molecule has 1 aliphatic carbocycles. The molecule has 0 bridgehead atoms. The van der Waals surface area contributed by atoms with Crippen LogP contribution in [0, 0.1) is 6.92 Å². The number of hydrogen-bond donors (Lipinski definition) is 1. The number of nitrogens with one attached hydrogen (secondary N) is 1. The van der Waals surface area contributed by atoms with E-state index in [2.05, 4.69) is 73.8 Å². The first-order valence-electron chi connectivity index (χ1n) is 8.07. The minimum Gasteiger partial charge on any atom is -0.311 e. The first kappa shape index (κ1) is 14.3. The van der Waals surface area contributed by atoms with Crippen molar-refractivity contribution < 1.29 is 0 Å². The Balaban J connectivity index is 1.46. The number of hydrogen-bond acceptors (Lipinski definition) is 1. The molecule has 1 fully saturated rings. The van der Waals surface area contributed by atoms with Crippen molar-refractivity contribution in [3.8, 4) is 0 Å². The van der Waals surface area contributed by atoms with Gasteiger partial charge in [-0.05, 0) is 50.2 Å². The van der Waals surface area contributed by atoms with E-state index in [0.29, 0.717) is 12.1 Å². The van der Waals surface area contributed by atoms with Crippen molar-refractivity contribution in [1.29, 1.82) is 0 Å². The first-order valence-corrected chi connectivity index (χ1v) is 8.07. The van der Waals surface area contributed by atoms with E-state index in [1.165, 1.54) is 29.5 Å². The molecule has 0 aliphatic heterocycles. The first-order chi connectivity index (χ1) is 10.2. The van der Waals surface area contributed by atoms with E-state index in [1.54, 1.807) is 0 Å². The maximum Gasteiger partial charge on any atom is 0.00817 e. The summed E-state index contributed by atoms with van der Waals surface area (Å²) < 4.78 is 0. The molecule has 2 aromatic carbocycles. The van der Waals surface area contributed by atoms with Gasteiger partial charge in [-0.25, -0.2) is 0 Å². The van der Waals surface area contributed by atoms with Gasteiger partial charge in [-0.1, -0.05) is 60.2 Å². The molecule has 0 heterocycles. The van der Waals surface area contributed by atoms with Crippen molar-refractivity contribution in [3.05, 3.63) is 71.3 Å². The predicted octanol–water partition coefficient (Wildman–Crippen LogP) is 4.46. The van der Waals surface area contributed by atoms with Gasteiger partial charge in [0.2, 0.25) is 0 Å². The Morgan fingerprint density at radius 2 is 1.81 bits per heavy atom. The highest BCUT2D eigenvalue weighted by atomic mass is 15.0. The summed E-state index contributed by atoms with van der Waals surface area (Å²) in [5, 5.41) is 3.78. The minimum absolute atomic E-state index is 0.552. The molecule has 0 spiro atoms. The molecule has 1 unspecified atom stereocenters. The Labute approximate surface area is 128 Å². The molecule has 0 aromatic heterocycles. The smallest absolute Gasteiger partial charge is 0.00817 e. The summed E-state index contributed by atoms with van der Waals surface area (Å²) in [5.74, 6) is 0.756. The van der Waals surface area contributed by atoms with E-state index in [-0.39, 0.29) is 0 Å². The van der Waals surface area contributed by atoms with Crippen LogP contribution in [0.3, 0.4) is 0 Å². The minimum atomic E-state index is 0.552. The third-order valence-corrected chi connectivity index (χ3v) is 4.56. The zero-order valence-electron chi connectivity index (χ0n) is 13.0. The summed E-state index contributed by atoms with van der Waals surface area (Å²) in [6.45, 7) is 4.48. The second-order valence-electron chi connectivity index (χ2n) is 6.54. The van der Waals surface area contributed by atoms with Gasteiger partial charge in [-0.2, -0.15) is 0 Å². The van der Waals surface area contributed by atoms with Crippen LogP contribution in [-0.4, -0.2) is 12.1 Å². The van der Waals surface area contributed by atoms with Gasteiger partial charge in [-0.15, -0.1) is 0 Å². The van der Waals surface area contributed by atoms with Crippen LogP contribution in [0.1, 0.15) is 42.4 Å². The lowest BCUT2D eigenvalue weighted by Gasteiger charge is -2.38. The van der Waals surface area contributed by atoms with Gasteiger partial charge in [0.05, 0.1) is 0 Å². The monoisotopic (exact) mass is 279 g/mol. The predicted molar refractivity (Wildman–Crippen MR) is 89.7 cm³/mol. The van der Waals surface area contributed by atoms with E-state index in [0.717, 1.165) is 12.3 Å². The lowest BCUT2D eigenvalue weighted by molar-refractivity contribution is 0.269. The Hall–Kier alpha value is -1.60. The van der Waals surface area contributed by atoms with Crippen molar-refractivity contribution in [2.45, 2.75) is 51.1 Å². The average molecular weight is 279 g/mol. The molecular weight excluding hydrogens is 254 g/mol. The zero-order chi connectivity index (χ0) is 14.7. The lowest BCUT2D eigenvalue weighted by atomic mass is 9.75. The van der Waals surface area contributed by atoms with Gasteiger partial charge >= 0.3 is 0 Å². The van der Waals surface area contributed by atoms with Gasteiger partial charge in [-0.3, -0.25) is 0 Å². The summed E-state index contributed by atoms with van der Waals surface area (Å²) in [6, 6.07) is 21.0. The van der Waals surface area contributed by atoms with Crippen LogP contribution in [0.5, 0.6) is 0 Å². The van der Waals surface area contributed by atoms with Crippen LogP contribution in [0.15, 0.2) is 54.6 Å². The number of aryl methyl sites for hydroxylation is 1. The third kappa shape index (κ3) is 3.74. The Morgan fingerprint density at radius 3 is 2.52 bits per heavy atom. The molecule has 0 saturated heterocycles. The molecule has 21 heavy (non-hydrogen) atoms. The molecule has 0 radical (unpaired) electrons. The molecule has 1 saturated carbocycles. The van der Waals surface area contributed by atoms with E-state index in [9.17, 15) is 0 Å². The number of benzene rings is 2. The quantitative estimate of drug-likeness (QED) is 0.852. The molecular formula is C20H25N. The lowest BCUT2D eigenvalue weighted by Crippen LogP contribution is -2.45. The summed E-state index contributed by atoms with van der Waals surface area (Å²) in [7, 11) is 0. The highest BCUT2D eigenvalue weighted by molar-refractivity contribution is 5.27. The Morgan fingerprint density at radius 1 is 1.05 bits per heavy atom. The van der Waals surface area contributed by atoms with E-state index in [4.69, 9.17) is 0 Å². The summed E-state index contributed by atoms with van der Waals surface area (Å²) in [4.78, 5) is 0. The topological polar surface area (TPSA) is 12.0 Å². The van der Waals surface area contributed by atoms with Gasteiger partial charge in [0.25, 0.3) is 0 Å². The SMILES string of the molecule is Cc1cccc(C2CC(NC(C)Cc3ccccc3)C2)c1. The zero-order valence-corrected chi connectivity index (χ0v) is 13.0. The normalized spacial score (nSPS) is 22.6.